The van der Waals surface area contributed by atoms with Gasteiger partial charge in [-0.05, 0) is 52.3 Å². The van der Waals surface area contributed by atoms with E-state index in [2.05, 4.69) is 17.8 Å². The molecule has 0 bridgehead atoms. The predicted molar refractivity (Wildman–Crippen MR) is 133 cm³/mol. The van der Waals surface area contributed by atoms with Crippen LogP contribution in [-0.4, -0.2) is 53.9 Å². The first-order valence-electron chi connectivity index (χ1n) is 12.7. The van der Waals surface area contributed by atoms with E-state index in [0.717, 1.165) is 43.1 Å². The molecule has 1 aliphatic heterocycles. The Labute approximate surface area is 221 Å². The summed E-state index contributed by atoms with van der Waals surface area (Å²) >= 11 is 0. The number of carbonyl (C=O) groups excluding carboxylic acids is 3. The van der Waals surface area contributed by atoms with E-state index in [1.54, 1.807) is 20.8 Å². The van der Waals surface area contributed by atoms with Gasteiger partial charge in [0.2, 0.25) is 0 Å². The summed E-state index contributed by atoms with van der Waals surface area (Å²) in [6.45, 7) is 8.27. The van der Waals surface area contributed by atoms with Crippen molar-refractivity contribution in [2.24, 2.45) is 0 Å². The number of alkyl halides is 3. The van der Waals surface area contributed by atoms with Crippen LogP contribution in [0.4, 0.5) is 18.0 Å². The van der Waals surface area contributed by atoms with Crippen LogP contribution in [0.15, 0.2) is 18.2 Å². The lowest BCUT2D eigenvalue weighted by Gasteiger charge is -2.33. The normalized spacial score (nSPS) is 17.7. The third kappa shape index (κ3) is 8.78. The average Bonchev–Trinajstić information content (AvgIpc) is 3.23. The molecule has 1 aliphatic rings. The molecule has 1 aromatic carbocycles. The fraction of sp³-hybridized carbons (Fsp3) is 0.654. The van der Waals surface area contributed by atoms with Gasteiger partial charge in [0.1, 0.15) is 23.6 Å². The van der Waals surface area contributed by atoms with Crippen molar-refractivity contribution >= 4 is 17.9 Å². The quantitative estimate of drug-likeness (QED) is 0.310. The van der Waals surface area contributed by atoms with E-state index < -0.39 is 40.8 Å². The van der Waals surface area contributed by atoms with E-state index in [-0.39, 0.29) is 31.3 Å². The molecule has 0 aromatic heterocycles. The Kier molecular flexibility index (Phi) is 10.8. The van der Waals surface area contributed by atoms with Crippen LogP contribution in [0.1, 0.15) is 89.1 Å². The zero-order valence-electron chi connectivity index (χ0n) is 22.6. The van der Waals surface area contributed by atoms with Crippen molar-refractivity contribution < 1.29 is 41.8 Å². The van der Waals surface area contributed by atoms with Gasteiger partial charge in [-0.1, -0.05) is 39.0 Å². The number of hydrogen-bond acceptors (Lipinski definition) is 6. The van der Waals surface area contributed by atoms with Gasteiger partial charge >= 0.3 is 12.3 Å². The zero-order valence-corrected chi connectivity index (χ0v) is 22.6. The van der Waals surface area contributed by atoms with E-state index in [1.807, 2.05) is 0 Å². The van der Waals surface area contributed by atoms with E-state index in [4.69, 9.17) is 14.2 Å². The van der Waals surface area contributed by atoms with Crippen LogP contribution in [0.5, 0.6) is 5.75 Å². The highest BCUT2D eigenvalue weighted by Crippen LogP contribution is 2.37. The maximum absolute atomic E-state index is 13.7. The van der Waals surface area contributed by atoms with E-state index in [0.29, 0.717) is 12.5 Å². The number of hydrogen-bond donors (Lipinski definition) is 2. The number of carbonyl (C=O) groups is 3. The molecule has 2 rings (SSSR count). The van der Waals surface area contributed by atoms with Gasteiger partial charge in [0, 0.05) is 5.56 Å². The summed E-state index contributed by atoms with van der Waals surface area (Å²) < 4.78 is 56.9. The molecule has 9 nitrogen and oxygen atoms in total. The smallest absolute Gasteiger partial charge is 0.419 e. The number of unbranched alkanes of at least 4 members (excludes halogenated alkanes) is 5. The van der Waals surface area contributed by atoms with Crippen LogP contribution < -0.4 is 15.6 Å². The maximum Gasteiger partial charge on any atom is 0.419 e. The monoisotopic (exact) mass is 545 g/mol. The van der Waals surface area contributed by atoms with Crippen molar-refractivity contribution in [1.29, 1.82) is 0 Å². The van der Waals surface area contributed by atoms with Crippen LogP contribution >= 0.6 is 0 Å². The molecule has 0 radical (unpaired) electrons. The molecule has 2 N–H and O–H groups in total. The predicted octanol–water partition coefficient (Wildman–Crippen LogP) is 5.19. The molecule has 1 heterocycles. The van der Waals surface area contributed by atoms with Gasteiger partial charge in [0.05, 0.1) is 18.8 Å². The lowest BCUT2D eigenvalue weighted by atomic mass is 10.0. The molecule has 214 valence electrons. The third-order valence-electron chi connectivity index (χ3n) is 5.89. The number of halogens is 3. The molecule has 1 saturated heterocycles. The number of nitrogens with zero attached hydrogens (tertiary/aromatic N) is 1. The van der Waals surface area contributed by atoms with Crippen molar-refractivity contribution in [1.82, 2.24) is 15.8 Å². The van der Waals surface area contributed by atoms with Crippen molar-refractivity contribution in [3.8, 4) is 5.75 Å². The van der Waals surface area contributed by atoms with Crippen LogP contribution in [0, 0.1) is 0 Å². The fourth-order valence-electron chi connectivity index (χ4n) is 3.72. The van der Waals surface area contributed by atoms with Gasteiger partial charge in [-0.15, -0.1) is 0 Å². The second-order valence-corrected chi connectivity index (χ2v) is 10.4. The number of ether oxygens (including phenoxy) is 3. The molecule has 0 aliphatic carbocycles. The molecule has 12 heteroatoms. The Morgan fingerprint density at radius 2 is 1.71 bits per heavy atom. The molecule has 38 heavy (non-hydrogen) atoms. The Hall–Kier alpha value is -3.02. The summed E-state index contributed by atoms with van der Waals surface area (Å²) in [5, 5.41) is 0. The highest BCUT2D eigenvalue weighted by atomic mass is 19.4. The molecule has 1 atom stereocenters. The van der Waals surface area contributed by atoms with Gasteiger partial charge in [0.15, 0.2) is 0 Å². The second kappa shape index (κ2) is 13.2. The Morgan fingerprint density at radius 1 is 1.05 bits per heavy atom. The number of nitrogens with one attached hydrogen (secondary N) is 2. The lowest BCUT2D eigenvalue weighted by molar-refractivity contribution is -0.139. The lowest BCUT2D eigenvalue weighted by Crippen LogP contribution is -2.60. The summed E-state index contributed by atoms with van der Waals surface area (Å²) in [7, 11) is 0. The van der Waals surface area contributed by atoms with Gasteiger partial charge in [0.25, 0.3) is 11.8 Å². The molecule has 1 fully saturated rings. The molecule has 0 saturated carbocycles. The van der Waals surface area contributed by atoms with E-state index >= 15 is 0 Å². The highest BCUT2D eigenvalue weighted by Gasteiger charge is 2.48. The number of benzene rings is 1. The second-order valence-electron chi connectivity index (χ2n) is 10.4. The summed E-state index contributed by atoms with van der Waals surface area (Å²) in [5.74, 6) is -2.14. The maximum atomic E-state index is 13.7. The van der Waals surface area contributed by atoms with E-state index in [1.165, 1.54) is 13.0 Å². The number of hydrazine groups is 1. The minimum absolute atomic E-state index is 0.131. The Morgan fingerprint density at radius 3 is 2.34 bits per heavy atom. The van der Waals surface area contributed by atoms with Crippen molar-refractivity contribution in [2.45, 2.75) is 90.5 Å². The first-order valence-corrected chi connectivity index (χ1v) is 12.7. The number of rotatable bonds is 10. The zero-order chi connectivity index (χ0) is 28.6. The topological polar surface area (TPSA) is 106 Å². The van der Waals surface area contributed by atoms with Gasteiger partial charge in [-0.2, -0.15) is 13.2 Å². The van der Waals surface area contributed by atoms with Crippen LogP contribution in [0.3, 0.4) is 0 Å². The van der Waals surface area contributed by atoms with Gasteiger partial charge in [-0.25, -0.2) is 4.79 Å². The highest BCUT2D eigenvalue weighted by molar-refractivity contribution is 5.97. The summed E-state index contributed by atoms with van der Waals surface area (Å²) in [5.41, 5.74) is 0.522. The Bertz CT molecular complexity index is 980. The molecular formula is C26H38F3N3O6. The molecule has 0 spiro atoms. The van der Waals surface area contributed by atoms with Crippen molar-refractivity contribution in [2.75, 3.05) is 19.9 Å². The standard InChI is InChI=1S/C26H38F3N3O6/c1-6-7-8-9-10-11-14-37-20-13-12-18(15-19(20)26(27,28)29)21(33)30-31-22(34)25(5)16-36-17-32(25)23(35)38-24(2,3)4/h12-13,15H,6-11,14,16-17H2,1-5H3,(H,30,33)(H,31,34). The van der Waals surface area contributed by atoms with Crippen LogP contribution in [0.25, 0.3) is 0 Å². The molecule has 3 amide bonds. The first kappa shape index (κ1) is 31.2. The summed E-state index contributed by atoms with van der Waals surface area (Å²) in [4.78, 5) is 39.0. The molecule has 1 aromatic rings. The van der Waals surface area contributed by atoms with E-state index in [9.17, 15) is 27.6 Å². The summed E-state index contributed by atoms with van der Waals surface area (Å²) in [6.07, 6.45) is 0.245. The molecular weight excluding hydrogens is 507 g/mol. The SMILES string of the molecule is CCCCCCCCOc1ccc(C(=O)NNC(=O)C2(C)COCN2C(=O)OC(C)(C)C)cc1C(F)(F)F. The minimum Gasteiger partial charge on any atom is -0.493 e. The van der Waals surface area contributed by atoms with Crippen molar-refractivity contribution in [3.05, 3.63) is 29.3 Å². The van der Waals surface area contributed by atoms with Gasteiger partial charge < -0.3 is 14.2 Å². The first-order chi connectivity index (χ1) is 17.7. The summed E-state index contributed by atoms with van der Waals surface area (Å²) in [6, 6.07) is 2.94. The number of amides is 3. The minimum atomic E-state index is -4.75. The fourth-order valence-corrected chi connectivity index (χ4v) is 3.72. The average molecular weight is 546 g/mol. The van der Waals surface area contributed by atoms with Crippen molar-refractivity contribution in [3.63, 3.8) is 0 Å². The van der Waals surface area contributed by atoms with Crippen LogP contribution in [0.2, 0.25) is 0 Å². The van der Waals surface area contributed by atoms with Crippen LogP contribution in [-0.2, 0) is 20.4 Å². The molecule has 1 unspecified atom stereocenters. The third-order valence-corrected chi connectivity index (χ3v) is 5.89. The Balaban J connectivity index is 2.02. The largest absolute Gasteiger partial charge is 0.493 e. The van der Waals surface area contributed by atoms with Gasteiger partial charge in [-0.3, -0.25) is 25.3 Å².